The van der Waals surface area contributed by atoms with Crippen LogP contribution in [0.1, 0.15) is 11.1 Å². The molecule has 0 bridgehead atoms. The first-order chi connectivity index (χ1) is 12.1. The highest BCUT2D eigenvalue weighted by Crippen LogP contribution is 2.35. The number of nitriles is 1. The summed E-state index contributed by atoms with van der Waals surface area (Å²) in [7, 11) is 1.61. The predicted octanol–water partition coefficient (Wildman–Crippen LogP) is -0.0367. The first kappa shape index (κ1) is 18.4. The van der Waals surface area contributed by atoms with Crippen LogP contribution in [0.4, 0.5) is 11.6 Å². The molecule has 0 amide bonds. The molecule has 1 saturated heterocycles. The van der Waals surface area contributed by atoms with Gasteiger partial charge in [-0.2, -0.15) is 5.26 Å². The fourth-order valence-corrected chi connectivity index (χ4v) is 2.50. The third-order valence-electron chi connectivity index (χ3n) is 3.88. The number of nitrogens with zero attached hydrogens (tertiary/aromatic N) is 3. The first-order valence-electron chi connectivity index (χ1n) is 7.73. The highest BCUT2D eigenvalue weighted by molar-refractivity contribution is 5.96. The molecule has 0 spiro atoms. The molecule has 0 saturated carbocycles. The van der Waals surface area contributed by atoms with Crippen molar-refractivity contribution in [3.8, 4) is 6.07 Å². The molecule has 132 valence electrons. The third-order valence-corrected chi connectivity index (χ3v) is 3.88. The van der Waals surface area contributed by atoms with Gasteiger partial charge in [0.1, 0.15) is 17.1 Å². The van der Waals surface area contributed by atoms with E-state index in [1.807, 2.05) is 0 Å². The van der Waals surface area contributed by atoms with Gasteiger partial charge < -0.3 is 32.2 Å². The van der Waals surface area contributed by atoms with Crippen molar-refractivity contribution in [1.29, 1.82) is 10.7 Å². The Balaban J connectivity index is 2.56. The van der Waals surface area contributed by atoms with Crippen molar-refractivity contribution < 1.29 is 4.74 Å². The largest absolute Gasteiger partial charge is 0.404 e. The minimum atomic E-state index is -0.712. The van der Waals surface area contributed by atoms with Gasteiger partial charge in [0.15, 0.2) is 5.82 Å². The average molecular weight is 342 g/mol. The Morgan fingerprint density at radius 1 is 1.64 bits per heavy atom. The van der Waals surface area contributed by atoms with Crippen molar-refractivity contribution in [3.63, 3.8) is 0 Å². The molecule has 1 aromatic heterocycles. The van der Waals surface area contributed by atoms with Crippen LogP contribution >= 0.6 is 0 Å². The van der Waals surface area contributed by atoms with Crippen LogP contribution in [-0.4, -0.2) is 50.4 Å². The van der Waals surface area contributed by atoms with Crippen LogP contribution in [0, 0.1) is 16.7 Å². The second-order valence-electron chi connectivity index (χ2n) is 5.55. The van der Waals surface area contributed by atoms with E-state index in [0.29, 0.717) is 43.2 Å². The topological polar surface area (TPSA) is 158 Å². The molecule has 9 nitrogen and oxygen atoms in total. The molecule has 1 aliphatic heterocycles. The SMILES string of the molecule is COCCNc1cc(C2(C#N)CNC2)c(C=N)c(/N=C(N)\C=C/N)n1. The number of nitrogens with two attached hydrogens (primary N) is 2. The number of aliphatic imine (C=N–C) groups is 1. The molecule has 0 radical (unpaired) electrons. The molecule has 2 heterocycles. The van der Waals surface area contributed by atoms with Crippen LogP contribution in [-0.2, 0) is 10.2 Å². The van der Waals surface area contributed by atoms with E-state index in [1.165, 1.54) is 12.3 Å². The minimum Gasteiger partial charge on any atom is -0.404 e. The Bertz CT molecular complexity index is 730. The Labute approximate surface area is 146 Å². The standard InChI is InChI=1S/C16H22N8O/c1-25-5-4-22-14-6-12(16(8-19)9-21-10-16)11(7-18)15(24-14)23-13(20)2-3-17/h2-3,6-7,18,21H,4-5,9-10,17H2,1H3,(H3,20,22,23,24)/b3-2-,18-7?. The lowest BCUT2D eigenvalue weighted by atomic mass is 9.75. The third kappa shape index (κ3) is 3.93. The van der Waals surface area contributed by atoms with E-state index in [-0.39, 0.29) is 11.7 Å². The zero-order chi connectivity index (χ0) is 18.3. The van der Waals surface area contributed by atoms with E-state index >= 15 is 0 Å². The van der Waals surface area contributed by atoms with Crippen LogP contribution < -0.4 is 22.1 Å². The molecule has 25 heavy (non-hydrogen) atoms. The van der Waals surface area contributed by atoms with Crippen LogP contribution in [0.25, 0.3) is 0 Å². The number of aromatic nitrogens is 1. The smallest absolute Gasteiger partial charge is 0.165 e. The van der Waals surface area contributed by atoms with Gasteiger partial charge in [0.2, 0.25) is 0 Å². The second kappa shape index (κ2) is 8.23. The molecule has 0 atom stereocenters. The van der Waals surface area contributed by atoms with Gasteiger partial charge in [-0.05, 0) is 23.9 Å². The van der Waals surface area contributed by atoms with Crippen molar-refractivity contribution in [1.82, 2.24) is 10.3 Å². The second-order valence-corrected chi connectivity index (χ2v) is 5.55. The van der Waals surface area contributed by atoms with Crippen LogP contribution in [0.2, 0.25) is 0 Å². The molecular weight excluding hydrogens is 320 g/mol. The summed E-state index contributed by atoms with van der Waals surface area (Å²) in [6.45, 7) is 2.07. The summed E-state index contributed by atoms with van der Waals surface area (Å²) in [5.74, 6) is 0.975. The highest BCUT2D eigenvalue weighted by atomic mass is 16.5. The van der Waals surface area contributed by atoms with Crippen LogP contribution in [0.15, 0.2) is 23.3 Å². The molecule has 0 unspecified atom stereocenters. The van der Waals surface area contributed by atoms with Gasteiger partial charge >= 0.3 is 0 Å². The number of ether oxygens (including phenoxy) is 1. The fourth-order valence-electron chi connectivity index (χ4n) is 2.50. The Hall–Kier alpha value is -2.96. The number of hydrogen-bond donors (Lipinski definition) is 5. The molecule has 1 fully saturated rings. The highest BCUT2D eigenvalue weighted by Gasteiger charge is 2.41. The van der Waals surface area contributed by atoms with Gasteiger partial charge in [0.25, 0.3) is 0 Å². The normalized spacial score (nSPS) is 16.2. The van der Waals surface area contributed by atoms with Crippen molar-refractivity contribution in [2.75, 3.05) is 38.7 Å². The first-order valence-corrected chi connectivity index (χ1v) is 7.73. The number of hydrogen-bond acceptors (Lipinski definition) is 8. The maximum Gasteiger partial charge on any atom is 0.165 e. The molecule has 0 aliphatic carbocycles. The number of methoxy groups -OCH3 is 1. The molecule has 9 heteroatoms. The van der Waals surface area contributed by atoms with Gasteiger partial charge in [-0.3, -0.25) is 0 Å². The van der Waals surface area contributed by atoms with Gasteiger partial charge in [-0.1, -0.05) is 0 Å². The van der Waals surface area contributed by atoms with Crippen molar-refractivity contribution in [2.45, 2.75) is 5.41 Å². The number of anilines is 1. The maximum atomic E-state index is 9.66. The molecular formula is C16H22N8O. The van der Waals surface area contributed by atoms with E-state index in [9.17, 15) is 5.26 Å². The summed E-state index contributed by atoms with van der Waals surface area (Å²) in [6, 6.07) is 4.13. The number of rotatable bonds is 8. The average Bonchev–Trinajstić information content (AvgIpc) is 2.55. The van der Waals surface area contributed by atoms with E-state index in [4.69, 9.17) is 21.6 Å². The zero-order valence-corrected chi connectivity index (χ0v) is 14.0. The Morgan fingerprint density at radius 3 is 2.92 bits per heavy atom. The Kier molecular flexibility index (Phi) is 6.05. The van der Waals surface area contributed by atoms with E-state index < -0.39 is 5.41 Å². The van der Waals surface area contributed by atoms with Crippen molar-refractivity contribution in [3.05, 3.63) is 29.5 Å². The van der Waals surface area contributed by atoms with Gasteiger partial charge in [0, 0.05) is 38.5 Å². The lowest BCUT2D eigenvalue weighted by Crippen LogP contribution is -2.56. The zero-order valence-electron chi connectivity index (χ0n) is 14.0. The molecule has 0 aromatic carbocycles. The maximum absolute atomic E-state index is 9.66. The van der Waals surface area contributed by atoms with Gasteiger partial charge in [-0.25, -0.2) is 9.98 Å². The summed E-state index contributed by atoms with van der Waals surface area (Å²) in [5, 5.41) is 23.7. The molecule has 1 aromatic rings. The van der Waals surface area contributed by atoms with Crippen molar-refractivity contribution >= 4 is 23.7 Å². The number of pyridine rings is 1. The van der Waals surface area contributed by atoms with Crippen LogP contribution in [0.3, 0.4) is 0 Å². The number of amidine groups is 1. The van der Waals surface area contributed by atoms with Crippen molar-refractivity contribution in [2.24, 2.45) is 16.5 Å². The lowest BCUT2D eigenvalue weighted by Gasteiger charge is -2.37. The Morgan fingerprint density at radius 2 is 2.40 bits per heavy atom. The monoisotopic (exact) mass is 342 g/mol. The summed E-state index contributed by atoms with van der Waals surface area (Å²) < 4.78 is 5.03. The molecule has 2 rings (SSSR count). The van der Waals surface area contributed by atoms with E-state index in [2.05, 4.69) is 26.7 Å². The molecule has 1 aliphatic rings. The summed E-state index contributed by atoms with van der Waals surface area (Å²) in [6.07, 6.45) is 3.86. The predicted molar refractivity (Wildman–Crippen MR) is 97.3 cm³/mol. The van der Waals surface area contributed by atoms with E-state index in [0.717, 1.165) is 6.21 Å². The summed E-state index contributed by atoms with van der Waals surface area (Å²) in [4.78, 5) is 8.65. The van der Waals surface area contributed by atoms with Gasteiger partial charge in [0.05, 0.1) is 12.7 Å². The summed E-state index contributed by atoms with van der Waals surface area (Å²) >= 11 is 0. The van der Waals surface area contributed by atoms with Crippen LogP contribution in [0.5, 0.6) is 0 Å². The fraction of sp³-hybridized carbons (Fsp3) is 0.375. The van der Waals surface area contributed by atoms with Gasteiger partial charge in [-0.15, -0.1) is 0 Å². The summed E-state index contributed by atoms with van der Waals surface area (Å²) in [5.41, 5.74) is 11.6. The molecule has 7 N–H and O–H groups in total. The quantitative estimate of drug-likeness (QED) is 0.252. The lowest BCUT2D eigenvalue weighted by molar-refractivity contribution is 0.210. The van der Waals surface area contributed by atoms with E-state index in [1.54, 1.807) is 13.2 Å². The minimum absolute atomic E-state index is 0.163. The number of nitrogens with one attached hydrogen (secondary N) is 3.